The molecule has 0 heterocycles. The number of carboxylic acid groups (broad SMARTS) is 2. The van der Waals surface area contributed by atoms with Crippen molar-refractivity contribution >= 4 is 40.0 Å². The highest BCUT2D eigenvalue weighted by Crippen LogP contribution is 2.28. The Labute approximate surface area is 185 Å². The van der Waals surface area contributed by atoms with Gasteiger partial charge in [-0.2, -0.15) is 5.10 Å². The van der Waals surface area contributed by atoms with Gasteiger partial charge in [-0.25, -0.2) is 15.0 Å². The maximum Gasteiger partial charge on any atom is 0.341 e. The quantitative estimate of drug-likeness (QED) is 0.318. The highest BCUT2D eigenvalue weighted by molar-refractivity contribution is 9.10. The average molecular weight is 495 g/mol. The SMILES string of the molecule is Cc1ccc(OCC(=O)NN=Cc2ccc(OCC(=O)O)c(OCC(=O)O)c2)c(Br)c1. The molecular weight excluding hydrogens is 476 g/mol. The number of carbonyl (C=O) groups excluding carboxylic acids is 1. The van der Waals surface area contributed by atoms with E-state index in [1.807, 2.05) is 19.1 Å². The van der Waals surface area contributed by atoms with Gasteiger partial charge in [0.25, 0.3) is 5.91 Å². The summed E-state index contributed by atoms with van der Waals surface area (Å²) in [6.07, 6.45) is 1.30. The molecule has 0 aliphatic rings. The number of hydrogen-bond acceptors (Lipinski definition) is 7. The van der Waals surface area contributed by atoms with E-state index >= 15 is 0 Å². The zero-order chi connectivity index (χ0) is 22.8. The van der Waals surface area contributed by atoms with Crippen LogP contribution in [0.15, 0.2) is 46.0 Å². The molecule has 0 radical (unpaired) electrons. The number of benzene rings is 2. The van der Waals surface area contributed by atoms with Crippen molar-refractivity contribution in [3.8, 4) is 17.2 Å². The van der Waals surface area contributed by atoms with Crippen LogP contribution in [0.1, 0.15) is 11.1 Å². The van der Waals surface area contributed by atoms with Gasteiger partial charge in [0, 0.05) is 0 Å². The van der Waals surface area contributed by atoms with E-state index in [9.17, 15) is 14.4 Å². The summed E-state index contributed by atoms with van der Waals surface area (Å²) in [4.78, 5) is 33.3. The van der Waals surface area contributed by atoms with E-state index in [0.29, 0.717) is 11.3 Å². The van der Waals surface area contributed by atoms with Gasteiger partial charge in [-0.05, 0) is 64.3 Å². The van der Waals surface area contributed by atoms with Gasteiger partial charge in [-0.15, -0.1) is 0 Å². The number of ether oxygens (including phenoxy) is 3. The average Bonchev–Trinajstić information content (AvgIpc) is 2.70. The van der Waals surface area contributed by atoms with Crippen molar-refractivity contribution in [1.82, 2.24) is 5.43 Å². The molecule has 0 saturated heterocycles. The molecule has 0 fully saturated rings. The highest BCUT2D eigenvalue weighted by atomic mass is 79.9. The largest absolute Gasteiger partial charge is 0.483 e. The molecule has 31 heavy (non-hydrogen) atoms. The Kier molecular flexibility index (Phi) is 8.82. The van der Waals surface area contributed by atoms with Crippen LogP contribution in [0.4, 0.5) is 0 Å². The second-order valence-electron chi connectivity index (χ2n) is 6.09. The third-order valence-electron chi connectivity index (χ3n) is 3.52. The van der Waals surface area contributed by atoms with Gasteiger partial charge < -0.3 is 24.4 Å². The van der Waals surface area contributed by atoms with Crippen molar-refractivity contribution < 1.29 is 38.8 Å². The van der Waals surface area contributed by atoms with Crippen LogP contribution in [0.5, 0.6) is 17.2 Å². The van der Waals surface area contributed by atoms with Crippen LogP contribution in [0, 0.1) is 6.92 Å². The molecule has 2 aromatic rings. The first-order valence-corrected chi connectivity index (χ1v) is 9.58. The molecule has 0 bridgehead atoms. The number of carbonyl (C=O) groups is 3. The van der Waals surface area contributed by atoms with E-state index in [-0.39, 0.29) is 18.1 Å². The molecule has 0 unspecified atom stereocenters. The number of halogens is 1. The van der Waals surface area contributed by atoms with Crippen molar-refractivity contribution in [2.24, 2.45) is 5.10 Å². The topological polar surface area (TPSA) is 144 Å². The molecule has 3 N–H and O–H groups in total. The fourth-order valence-electron chi connectivity index (χ4n) is 2.19. The van der Waals surface area contributed by atoms with Crippen LogP contribution >= 0.6 is 15.9 Å². The fourth-order valence-corrected chi connectivity index (χ4v) is 2.80. The van der Waals surface area contributed by atoms with Crippen LogP contribution in [0.3, 0.4) is 0 Å². The summed E-state index contributed by atoms with van der Waals surface area (Å²) in [5, 5.41) is 21.3. The lowest BCUT2D eigenvalue weighted by Crippen LogP contribution is -2.24. The molecule has 0 aromatic heterocycles. The highest BCUT2D eigenvalue weighted by Gasteiger charge is 2.10. The molecule has 10 nitrogen and oxygen atoms in total. The van der Waals surface area contributed by atoms with Gasteiger partial charge in [0.1, 0.15) is 5.75 Å². The van der Waals surface area contributed by atoms with E-state index in [1.165, 1.54) is 24.4 Å². The lowest BCUT2D eigenvalue weighted by Gasteiger charge is -2.11. The molecule has 0 saturated carbocycles. The minimum absolute atomic E-state index is 0.0199. The van der Waals surface area contributed by atoms with Gasteiger partial charge in [-0.1, -0.05) is 6.07 Å². The molecule has 2 rings (SSSR count). The molecule has 11 heteroatoms. The van der Waals surface area contributed by atoms with Crippen LogP contribution in [-0.4, -0.2) is 54.1 Å². The van der Waals surface area contributed by atoms with E-state index < -0.39 is 31.1 Å². The van der Waals surface area contributed by atoms with Crippen molar-refractivity contribution in [2.45, 2.75) is 6.92 Å². The first-order chi connectivity index (χ1) is 14.7. The van der Waals surface area contributed by atoms with Crippen LogP contribution in [-0.2, 0) is 14.4 Å². The lowest BCUT2D eigenvalue weighted by molar-refractivity contribution is -0.140. The summed E-state index contributed by atoms with van der Waals surface area (Å²) in [5.74, 6) is -2.31. The summed E-state index contributed by atoms with van der Waals surface area (Å²) < 4.78 is 16.3. The number of hydrazone groups is 1. The van der Waals surface area contributed by atoms with Gasteiger partial charge in [0.05, 0.1) is 10.7 Å². The molecule has 0 aliphatic carbocycles. The van der Waals surface area contributed by atoms with E-state index in [1.54, 1.807) is 6.07 Å². The summed E-state index contributed by atoms with van der Waals surface area (Å²) in [6.45, 7) is 0.406. The first kappa shape index (κ1) is 23.7. The van der Waals surface area contributed by atoms with Crippen molar-refractivity contribution in [3.05, 3.63) is 52.0 Å². The lowest BCUT2D eigenvalue weighted by atomic mass is 10.2. The van der Waals surface area contributed by atoms with Gasteiger partial charge in [0.2, 0.25) is 0 Å². The molecule has 2 aromatic carbocycles. The normalized spacial score (nSPS) is 10.5. The number of nitrogens with zero attached hydrogens (tertiary/aromatic N) is 1. The van der Waals surface area contributed by atoms with Crippen LogP contribution in [0.25, 0.3) is 0 Å². The van der Waals surface area contributed by atoms with Crippen LogP contribution < -0.4 is 19.6 Å². The van der Waals surface area contributed by atoms with Gasteiger partial charge >= 0.3 is 11.9 Å². The zero-order valence-electron chi connectivity index (χ0n) is 16.3. The second-order valence-corrected chi connectivity index (χ2v) is 6.94. The van der Waals surface area contributed by atoms with Crippen molar-refractivity contribution in [1.29, 1.82) is 0 Å². The number of amides is 1. The minimum Gasteiger partial charge on any atom is -0.483 e. The standard InChI is InChI=1S/C20H19BrN2O8/c1-12-2-4-15(14(21)6-12)29-9-18(24)23-22-8-13-3-5-16(30-10-19(25)26)17(7-13)31-11-20(27)28/h2-8H,9-11H2,1H3,(H,23,24)(H,25,26)(H,27,28). The number of aliphatic carboxylic acids is 2. The Morgan fingerprint density at radius 1 is 0.935 bits per heavy atom. The molecule has 0 aliphatic heterocycles. The molecule has 0 atom stereocenters. The summed E-state index contributed by atoms with van der Waals surface area (Å²) in [7, 11) is 0. The Bertz CT molecular complexity index is 993. The second kappa shape index (κ2) is 11.6. The molecular formula is C20H19BrN2O8. The minimum atomic E-state index is -1.21. The number of aryl methyl sites for hydroxylation is 1. The fraction of sp³-hybridized carbons (Fsp3) is 0.200. The Hall–Kier alpha value is -3.60. The Morgan fingerprint density at radius 2 is 1.55 bits per heavy atom. The Balaban J connectivity index is 1.96. The maximum absolute atomic E-state index is 11.9. The summed E-state index contributed by atoms with van der Waals surface area (Å²) in [6, 6.07) is 9.78. The number of carboxylic acids is 2. The van der Waals surface area contributed by atoms with E-state index in [4.69, 9.17) is 24.4 Å². The van der Waals surface area contributed by atoms with Gasteiger partial charge in [0.15, 0.2) is 31.3 Å². The third kappa shape index (κ3) is 8.34. The smallest absolute Gasteiger partial charge is 0.341 e. The summed E-state index contributed by atoms with van der Waals surface area (Å²) in [5.41, 5.74) is 3.79. The maximum atomic E-state index is 11.9. The summed E-state index contributed by atoms with van der Waals surface area (Å²) >= 11 is 3.36. The molecule has 1 amide bonds. The first-order valence-electron chi connectivity index (χ1n) is 8.78. The van der Waals surface area contributed by atoms with Crippen molar-refractivity contribution in [2.75, 3.05) is 19.8 Å². The van der Waals surface area contributed by atoms with E-state index in [2.05, 4.69) is 26.5 Å². The Morgan fingerprint density at radius 3 is 2.19 bits per heavy atom. The number of nitrogens with one attached hydrogen (secondary N) is 1. The van der Waals surface area contributed by atoms with E-state index in [0.717, 1.165) is 10.0 Å². The number of rotatable bonds is 11. The van der Waals surface area contributed by atoms with Crippen molar-refractivity contribution in [3.63, 3.8) is 0 Å². The van der Waals surface area contributed by atoms with Crippen LogP contribution in [0.2, 0.25) is 0 Å². The molecule has 0 spiro atoms. The zero-order valence-corrected chi connectivity index (χ0v) is 17.9. The molecule has 164 valence electrons. The predicted molar refractivity (Wildman–Crippen MR) is 113 cm³/mol. The number of hydrogen-bond donors (Lipinski definition) is 3. The van der Waals surface area contributed by atoms with Gasteiger partial charge in [-0.3, -0.25) is 4.79 Å². The predicted octanol–water partition coefficient (Wildman–Crippen LogP) is 2.21. The monoisotopic (exact) mass is 494 g/mol. The third-order valence-corrected chi connectivity index (χ3v) is 4.14.